The highest BCUT2D eigenvalue weighted by atomic mass is 35.5. The third kappa shape index (κ3) is 7.03. The summed E-state index contributed by atoms with van der Waals surface area (Å²) in [5.74, 6) is -0.693. The third-order valence-electron chi connectivity index (χ3n) is 5.42. The number of benzene rings is 2. The molecule has 0 heterocycles. The van der Waals surface area contributed by atoms with Gasteiger partial charge in [0.2, 0.25) is 21.8 Å². The van der Waals surface area contributed by atoms with Crippen molar-refractivity contribution in [3.05, 3.63) is 64.7 Å². The molecule has 0 aliphatic carbocycles. The van der Waals surface area contributed by atoms with E-state index < -0.39 is 28.5 Å². The van der Waals surface area contributed by atoms with Crippen LogP contribution >= 0.6 is 11.6 Å². The Morgan fingerprint density at radius 3 is 2.27 bits per heavy atom. The van der Waals surface area contributed by atoms with Gasteiger partial charge >= 0.3 is 0 Å². The summed E-state index contributed by atoms with van der Waals surface area (Å²) in [6, 6.07) is 12.7. The molecule has 0 spiro atoms. The van der Waals surface area contributed by atoms with E-state index in [-0.39, 0.29) is 17.3 Å². The number of amides is 2. The molecule has 7 nitrogen and oxygen atoms in total. The van der Waals surface area contributed by atoms with E-state index in [2.05, 4.69) is 5.32 Å². The Balaban J connectivity index is 2.32. The third-order valence-corrected chi connectivity index (χ3v) is 7.49. The molecule has 1 N–H and O–H groups in total. The van der Waals surface area contributed by atoms with E-state index in [1.807, 2.05) is 45.0 Å². The van der Waals surface area contributed by atoms with Crippen molar-refractivity contribution >= 4 is 33.4 Å². The number of carbonyl (C=O) groups is 2. The van der Waals surface area contributed by atoms with E-state index >= 15 is 0 Å². The van der Waals surface area contributed by atoms with Crippen molar-refractivity contribution in [2.24, 2.45) is 0 Å². The Bertz CT molecular complexity index is 1060. The van der Waals surface area contributed by atoms with Crippen LogP contribution in [0.15, 0.2) is 53.4 Å². The molecule has 0 saturated heterocycles. The highest BCUT2D eigenvalue weighted by molar-refractivity contribution is 7.89. The molecule has 2 aromatic carbocycles. The molecular formula is C24H32ClN3O4S. The van der Waals surface area contributed by atoms with Crippen molar-refractivity contribution in [3.8, 4) is 0 Å². The predicted octanol–water partition coefficient (Wildman–Crippen LogP) is 3.60. The highest BCUT2D eigenvalue weighted by Crippen LogP contribution is 2.19. The minimum absolute atomic E-state index is 0.0420. The van der Waals surface area contributed by atoms with Crippen molar-refractivity contribution in [2.75, 3.05) is 20.1 Å². The van der Waals surface area contributed by atoms with Gasteiger partial charge in [-0.3, -0.25) is 9.59 Å². The highest BCUT2D eigenvalue weighted by Gasteiger charge is 2.31. The van der Waals surface area contributed by atoms with Crippen LogP contribution in [-0.4, -0.2) is 55.6 Å². The number of halogens is 1. The summed E-state index contributed by atoms with van der Waals surface area (Å²) in [5, 5.41) is 3.27. The van der Waals surface area contributed by atoms with Crippen LogP contribution in [0, 0.1) is 6.92 Å². The van der Waals surface area contributed by atoms with Gasteiger partial charge in [-0.2, -0.15) is 4.31 Å². The lowest BCUT2D eigenvalue weighted by Crippen LogP contribution is -2.51. The fraction of sp³-hybridized carbons (Fsp3) is 0.417. The first-order valence-electron chi connectivity index (χ1n) is 10.9. The van der Waals surface area contributed by atoms with Crippen LogP contribution in [0.1, 0.15) is 37.8 Å². The standard InChI is InChI=1S/C24H32ClN3O4S/c1-5-15-26-24(30)22(6-2)28(16-19-10-8-7-9-18(19)3)23(29)17-27(4)33(31,32)21-13-11-20(25)12-14-21/h7-14,22H,5-6,15-17H2,1-4H3,(H,26,30)/t22-/m0/s1. The Labute approximate surface area is 201 Å². The first-order chi connectivity index (χ1) is 15.6. The van der Waals surface area contributed by atoms with Gasteiger partial charge in [0.05, 0.1) is 11.4 Å². The summed E-state index contributed by atoms with van der Waals surface area (Å²) in [4.78, 5) is 27.8. The number of carbonyl (C=O) groups excluding carboxylic acids is 2. The number of likely N-dealkylation sites (N-methyl/N-ethyl adjacent to an activating group) is 1. The zero-order chi connectivity index (χ0) is 24.6. The Morgan fingerprint density at radius 1 is 1.06 bits per heavy atom. The maximum atomic E-state index is 13.4. The maximum absolute atomic E-state index is 13.4. The monoisotopic (exact) mass is 493 g/mol. The van der Waals surface area contributed by atoms with Crippen molar-refractivity contribution < 1.29 is 18.0 Å². The molecule has 180 valence electrons. The van der Waals surface area contributed by atoms with Crippen LogP contribution in [0.3, 0.4) is 0 Å². The Hall–Kier alpha value is -2.42. The van der Waals surface area contributed by atoms with Crippen molar-refractivity contribution in [1.29, 1.82) is 0 Å². The molecular weight excluding hydrogens is 462 g/mol. The summed E-state index contributed by atoms with van der Waals surface area (Å²) in [7, 11) is -2.55. The summed E-state index contributed by atoms with van der Waals surface area (Å²) in [6.45, 7) is 6.04. The van der Waals surface area contributed by atoms with Crippen LogP contribution in [0.4, 0.5) is 0 Å². The van der Waals surface area contributed by atoms with Crippen LogP contribution in [0.5, 0.6) is 0 Å². The normalized spacial score (nSPS) is 12.4. The molecule has 1 atom stereocenters. The van der Waals surface area contributed by atoms with Gasteiger partial charge in [0.25, 0.3) is 0 Å². The van der Waals surface area contributed by atoms with Crippen molar-refractivity contribution in [1.82, 2.24) is 14.5 Å². The fourth-order valence-corrected chi connectivity index (χ4v) is 4.66. The number of sulfonamides is 1. The number of nitrogens with zero attached hydrogens (tertiary/aromatic N) is 2. The second-order valence-corrected chi connectivity index (χ2v) is 10.4. The Morgan fingerprint density at radius 2 is 1.70 bits per heavy atom. The quantitative estimate of drug-likeness (QED) is 0.518. The number of hydrogen-bond donors (Lipinski definition) is 1. The molecule has 2 amide bonds. The molecule has 9 heteroatoms. The molecule has 0 unspecified atom stereocenters. The van der Waals surface area contributed by atoms with E-state index in [1.54, 1.807) is 0 Å². The van der Waals surface area contributed by atoms with E-state index in [4.69, 9.17) is 11.6 Å². The summed E-state index contributed by atoms with van der Waals surface area (Å²) < 4.78 is 26.9. The molecule has 0 aliphatic rings. The van der Waals surface area contributed by atoms with E-state index in [0.29, 0.717) is 18.0 Å². The van der Waals surface area contributed by atoms with Crippen molar-refractivity contribution in [2.45, 2.75) is 51.1 Å². The lowest BCUT2D eigenvalue weighted by Gasteiger charge is -2.32. The topological polar surface area (TPSA) is 86.8 Å². The molecule has 2 aromatic rings. The van der Waals surface area contributed by atoms with E-state index in [9.17, 15) is 18.0 Å². The molecule has 0 fully saturated rings. The van der Waals surface area contributed by atoms with Gasteiger partial charge in [0, 0.05) is 25.2 Å². The SMILES string of the molecule is CCCNC(=O)[C@H](CC)N(Cc1ccccc1C)C(=O)CN(C)S(=O)(=O)c1ccc(Cl)cc1. The van der Waals surface area contributed by atoms with Crippen molar-refractivity contribution in [3.63, 3.8) is 0 Å². The van der Waals surface area contributed by atoms with Gasteiger partial charge in [-0.1, -0.05) is 49.7 Å². The molecule has 0 saturated carbocycles. The van der Waals surface area contributed by atoms with Crippen LogP contribution < -0.4 is 5.32 Å². The average molecular weight is 494 g/mol. The van der Waals surface area contributed by atoms with Crippen LogP contribution in [0.25, 0.3) is 0 Å². The molecule has 0 aromatic heterocycles. The second-order valence-electron chi connectivity index (χ2n) is 7.88. The number of hydrogen-bond acceptors (Lipinski definition) is 4. The minimum atomic E-state index is -3.91. The number of aryl methyl sites for hydroxylation is 1. The van der Waals surface area contributed by atoms with Gasteiger partial charge in [-0.05, 0) is 55.2 Å². The number of nitrogens with one attached hydrogen (secondary N) is 1. The van der Waals surface area contributed by atoms with Gasteiger partial charge in [-0.25, -0.2) is 8.42 Å². The second kappa shape index (κ2) is 12.2. The average Bonchev–Trinajstić information content (AvgIpc) is 2.78. The molecule has 33 heavy (non-hydrogen) atoms. The van der Waals surface area contributed by atoms with E-state index in [0.717, 1.165) is 21.9 Å². The smallest absolute Gasteiger partial charge is 0.243 e. The summed E-state index contributed by atoms with van der Waals surface area (Å²) in [5.41, 5.74) is 1.89. The first-order valence-corrected chi connectivity index (χ1v) is 12.8. The summed E-state index contributed by atoms with van der Waals surface area (Å²) in [6.07, 6.45) is 1.18. The zero-order valence-corrected chi connectivity index (χ0v) is 21.1. The lowest BCUT2D eigenvalue weighted by atomic mass is 10.1. The lowest BCUT2D eigenvalue weighted by molar-refractivity contribution is -0.141. The predicted molar refractivity (Wildman–Crippen MR) is 130 cm³/mol. The minimum Gasteiger partial charge on any atom is -0.354 e. The van der Waals surface area contributed by atoms with Gasteiger partial charge in [0.1, 0.15) is 6.04 Å². The largest absolute Gasteiger partial charge is 0.354 e. The molecule has 0 radical (unpaired) electrons. The maximum Gasteiger partial charge on any atom is 0.243 e. The molecule has 0 aliphatic heterocycles. The van der Waals surface area contributed by atoms with Gasteiger partial charge in [-0.15, -0.1) is 0 Å². The summed E-state index contributed by atoms with van der Waals surface area (Å²) >= 11 is 5.87. The number of rotatable bonds is 11. The van der Waals surface area contributed by atoms with Gasteiger partial charge < -0.3 is 10.2 Å². The molecule has 2 rings (SSSR count). The van der Waals surface area contributed by atoms with Crippen LogP contribution in [-0.2, 0) is 26.2 Å². The fourth-order valence-electron chi connectivity index (χ4n) is 3.41. The Kier molecular flexibility index (Phi) is 9.88. The molecule has 0 bridgehead atoms. The first kappa shape index (κ1) is 26.8. The zero-order valence-electron chi connectivity index (χ0n) is 19.5. The van der Waals surface area contributed by atoms with Gasteiger partial charge in [0.15, 0.2) is 0 Å². The van der Waals surface area contributed by atoms with E-state index in [1.165, 1.54) is 36.2 Å². The van der Waals surface area contributed by atoms with Crippen LogP contribution in [0.2, 0.25) is 5.02 Å².